The van der Waals surface area contributed by atoms with Gasteiger partial charge in [0.2, 0.25) is 0 Å². The molecule has 0 saturated carbocycles. The van der Waals surface area contributed by atoms with Crippen LogP contribution in [0.25, 0.3) is 0 Å². The highest BCUT2D eigenvalue weighted by atomic mass is 35.5. The normalized spacial score (nSPS) is 29.4. The van der Waals surface area contributed by atoms with Gasteiger partial charge in [-0.2, -0.15) is 0 Å². The molecule has 0 aromatic carbocycles. The first-order valence-corrected chi connectivity index (χ1v) is 4.56. The van der Waals surface area contributed by atoms with Gasteiger partial charge in [-0.1, -0.05) is 23.8 Å². The van der Waals surface area contributed by atoms with Crippen LogP contribution < -0.4 is 0 Å². The Morgan fingerprint density at radius 2 is 2.00 bits per heavy atom. The first-order chi connectivity index (χ1) is 5.84. The van der Waals surface area contributed by atoms with E-state index in [4.69, 9.17) is 11.6 Å². The molecule has 0 amide bonds. The Labute approximate surface area is 76.1 Å². The summed E-state index contributed by atoms with van der Waals surface area (Å²) in [4.78, 5) is 4.10. The molecule has 2 bridgehead atoms. The van der Waals surface area contributed by atoms with Gasteiger partial charge in [-0.25, -0.2) is 4.98 Å². The minimum Gasteiger partial charge on any atom is -0.244 e. The van der Waals surface area contributed by atoms with Gasteiger partial charge in [0.15, 0.2) is 0 Å². The summed E-state index contributed by atoms with van der Waals surface area (Å²) in [5.74, 6) is 1.24. The third-order valence-electron chi connectivity index (χ3n) is 2.82. The lowest BCUT2D eigenvalue weighted by Gasteiger charge is -2.08. The molecule has 2 heteroatoms. The van der Waals surface area contributed by atoms with Crippen molar-refractivity contribution >= 4 is 11.6 Å². The van der Waals surface area contributed by atoms with E-state index in [9.17, 15) is 0 Å². The molecule has 2 atom stereocenters. The number of allylic oxidation sites excluding steroid dienone is 2. The van der Waals surface area contributed by atoms with Crippen molar-refractivity contribution in [3.05, 3.63) is 40.7 Å². The van der Waals surface area contributed by atoms with Crippen LogP contribution in [0.4, 0.5) is 0 Å². The van der Waals surface area contributed by atoms with Gasteiger partial charge in [0.05, 0.1) is 0 Å². The molecule has 2 aliphatic carbocycles. The van der Waals surface area contributed by atoms with Gasteiger partial charge in [0, 0.05) is 18.0 Å². The predicted octanol–water partition coefficient (Wildman–Crippen LogP) is 2.88. The quantitative estimate of drug-likeness (QED) is 0.439. The number of pyridine rings is 1. The monoisotopic (exact) mass is 177 g/mol. The number of aromatic nitrogens is 1. The third-order valence-corrected chi connectivity index (χ3v) is 3.02. The molecule has 1 aromatic heterocycles. The van der Waals surface area contributed by atoms with Crippen LogP contribution in [0.2, 0.25) is 5.15 Å². The van der Waals surface area contributed by atoms with E-state index >= 15 is 0 Å². The largest absolute Gasteiger partial charge is 0.244 e. The summed E-state index contributed by atoms with van der Waals surface area (Å²) in [6.07, 6.45) is 7.72. The molecule has 12 heavy (non-hydrogen) atoms. The van der Waals surface area contributed by atoms with Crippen LogP contribution in [0, 0.1) is 0 Å². The van der Waals surface area contributed by atoms with Crippen LogP contribution in [-0.2, 0) is 0 Å². The topological polar surface area (TPSA) is 12.9 Å². The summed E-state index contributed by atoms with van der Waals surface area (Å²) in [5.41, 5.74) is 2.77. The Balaban J connectivity index is 2.24. The van der Waals surface area contributed by atoms with Crippen molar-refractivity contribution in [3.8, 4) is 0 Å². The highest BCUT2D eigenvalue weighted by Gasteiger charge is 2.32. The molecule has 0 N–H and O–H groups in total. The van der Waals surface area contributed by atoms with Crippen molar-refractivity contribution in [2.75, 3.05) is 0 Å². The average molecular weight is 178 g/mol. The fourth-order valence-electron chi connectivity index (χ4n) is 2.25. The molecular weight excluding hydrogens is 170 g/mol. The molecule has 60 valence electrons. The van der Waals surface area contributed by atoms with Gasteiger partial charge >= 0.3 is 0 Å². The fourth-order valence-corrected chi connectivity index (χ4v) is 2.41. The lowest BCUT2D eigenvalue weighted by atomic mass is 10.00. The molecule has 1 heterocycles. The number of hydrogen-bond acceptors (Lipinski definition) is 1. The number of fused-ring (bicyclic) bond motifs is 5. The van der Waals surface area contributed by atoms with Crippen LogP contribution in [0.1, 0.15) is 29.4 Å². The second kappa shape index (κ2) is 2.11. The molecule has 0 aliphatic heterocycles. The summed E-state index contributed by atoms with van der Waals surface area (Å²) in [5, 5.41) is 0.620. The second-order valence-electron chi connectivity index (χ2n) is 3.47. The van der Waals surface area contributed by atoms with Crippen molar-refractivity contribution in [2.24, 2.45) is 0 Å². The zero-order valence-corrected chi connectivity index (χ0v) is 7.25. The van der Waals surface area contributed by atoms with Crippen molar-refractivity contribution in [2.45, 2.75) is 18.3 Å². The molecule has 2 aliphatic rings. The van der Waals surface area contributed by atoms with Crippen molar-refractivity contribution in [1.29, 1.82) is 0 Å². The van der Waals surface area contributed by atoms with Gasteiger partial charge in [-0.15, -0.1) is 0 Å². The highest BCUT2D eigenvalue weighted by molar-refractivity contribution is 6.29. The van der Waals surface area contributed by atoms with Gasteiger partial charge in [0.1, 0.15) is 5.15 Å². The van der Waals surface area contributed by atoms with Crippen molar-refractivity contribution < 1.29 is 0 Å². The fraction of sp³-hybridized carbons (Fsp3) is 0.300. The molecule has 2 unspecified atom stereocenters. The first kappa shape index (κ1) is 6.67. The molecule has 0 radical (unpaired) electrons. The van der Waals surface area contributed by atoms with Crippen molar-refractivity contribution in [1.82, 2.24) is 4.98 Å². The summed E-state index contributed by atoms with van der Waals surface area (Å²) in [6.45, 7) is 0. The van der Waals surface area contributed by atoms with E-state index < -0.39 is 0 Å². The average Bonchev–Trinajstić information content (AvgIpc) is 2.63. The van der Waals surface area contributed by atoms with Crippen LogP contribution in [-0.4, -0.2) is 4.98 Å². The second-order valence-corrected chi connectivity index (χ2v) is 3.86. The van der Waals surface area contributed by atoms with E-state index in [0.717, 1.165) is 0 Å². The lowest BCUT2D eigenvalue weighted by Crippen LogP contribution is -1.93. The molecule has 3 rings (SSSR count). The van der Waals surface area contributed by atoms with E-state index in [1.165, 1.54) is 17.5 Å². The van der Waals surface area contributed by atoms with Gasteiger partial charge in [0.25, 0.3) is 0 Å². The number of nitrogens with zero attached hydrogens (tertiary/aromatic N) is 1. The predicted molar refractivity (Wildman–Crippen MR) is 48.5 cm³/mol. The van der Waals surface area contributed by atoms with E-state index in [-0.39, 0.29) is 0 Å². The van der Waals surface area contributed by atoms with E-state index in [1.807, 2.05) is 12.3 Å². The molecule has 0 fully saturated rings. The van der Waals surface area contributed by atoms with E-state index in [0.29, 0.717) is 17.0 Å². The molecule has 1 nitrogen and oxygen atoms in total. The highest BCUT2D eigenvalue weighted by Crippen LogP contribution is 2.48. The smallest absolute Gasteiger partial charge is 0.129 e. The summed E-state index contributed by atoms with van der Waals surface area (Å²) >= 11 is 5.83. The van der Waals surface area contributed by atoms with Crippen molar-refractivity contribution in [3.63, 3.8) is 0 Å². The number of halogens is 1. The zero-order valence-electron chi connectivity index (χ0n) is 6.50. The summed E-state index contributed by atoms with van der Waals surface area (Å²) in [7, 11) is 0. The Hall–Kier alpha value is -0.820. The first-order valence-electron chi connectivity index (χ1n) is 4.18. The van der Waals surface area contributed by atoms with Crippen LogP contribution in [0.15, 0.2) is 24.4 Å². The summed E-state index contributed by atoms with van der Waals surface area (Å²) in [6, 6.07) is 2.01. The van der Waals surface area contributed by atoms with Crippen LogP contribution >= 0.6 is 11.6 Å². The summed E-state index contributed by atoms with van der Waals surface area (Å²) < 4.78 is 0. The minimum absolute atomic E-state index is 0.616. The molecule has 0 spiro atoms. The van der Waals surface area contributed by atoms with Crippen LogP contribution in [0.3, 0.4) is 0 Å². The Kier molecular flexibility index (Phi) is 1.17. The van der Waals surface area contributed by atoms with E-state index in [1.54, 1.807) is 0 Å². The Morgan fingerprint density at radius 3 is 2.83 bits per heavy atom. The maximum absolute atomic E-state index is 5.83. The third kappa shape index (κ3) is 0.721. The van der Waals surface area contributed by atoms with Crippen LogP contribution in [0.5, 0.6) is 0 Å². The SMILES string of the molecule is Clc1cc2c(cn1)C1C=CC2C1. The minimum atomic E-state index is 0.616. The van der Waals surface area contributed by atoms with Gasteiger partial charge in [-0.05, 0) is 23.6 Å². The standard InChI is InChI=1S/C10H8ClN/c11-10-4-8-6-1-2-7(3-6)9(8)5-12-10/h1-2,4-7H,3H2. The van der Waals surface area contributed by atoms with Gasteiger partial charge < -0.3 is 0 Å². The maximum atomic E-state index is 5.83. The molecule has 0 saturated heterocycles. The van der Waals surface area contributed by atoms with E-state index in [2.05, 4.69) is 17.1 Å². The van der Waals surface area contributed by atoms with Gasteiger partial charge in [-0.3, -0.25) is 0 Å². The molecule has 1 aromatic rings. The lowest BCUT2D eigenvalue weighted by molar-refractivity contribution is 0.804. The Bertz CT molecular complexity index is 370. The maximum Gasteiger partial charge on any atom is 0.129 e. The number of rotatable bonds is 0. The Morgan fingerprint density at radius 1 is 1.25 bits per heavy atom. The number of hydrogen-bond donors (Lipinski definition) is 0. The zero-order chi connectivity index (χ0) is 8.13. The molecular formula is C10H8ClN.